The molecule has 0 atom stereocenters. The first-order valence-electron chi connectivity index (χ1n) is 9.56. The Morgan fingerprint density at radius 1 is 1.27 bits per heavy atom. The number of nitriles is 1. The molecule has 0 amide bonds. The van der Waals surface area contributed by atoms with E-state index in [0.717, 1.165) is 41.9 Å². The Labute approximate surface area is 153 Å². The fourth-order valence-corrected chi connectivity index (χ4v) is 5.17. The monoisotopic (exact) mass is 355 g/mol. The van der Waals surface area contributed by atoms with Crippen molar-refractivity contribution in [2.45, 2.75) is 68.8 Å². The molecule has 5 nitrogen and oxygen atoms in total. The number of nitrogens with zero attached hydrogens (tertiary/aromatic N) is 1. The first-order chi connectivity index (χ1) is 12.5. The van der Waals surface area contributed by atoms with Crippen molar-refractivity contribution in [1.82, 2.24) is 0 Å². The van der Waals surface area contributed by atoms with Gasteiger partial charge in [0, 0.05) is 12.0 Å². The molecule has 26 heavy (non-hydrogen) atoms. The van der Waals surface area contributed by atoms with Crippen molar-refractivity contribution < 1.29 is 19.4 Å². The zero-order valence-corrected chi connectivity index (χ0v) is 15.2. The number of benzene rings is 1. The molecular weight excluding hydrogens is 330 g/mol. The smallest absolute Gasteiger partial charge is 0.306 e. The predicted molar refractivity (Wildman–Crippen MR) is 95.4 cm³/mol. The number of carboxylic acids is 1. The summed E-state index contributed by atoms with van der Waals surface area (Å²) in [4.78, 5) is 11.3. The molecule has 2 fully saturated rings. The van der Waals surface area contributed by atoms with E-state index in [2.05, 4.69) is 6.07 Å². The second-order valence-corrected chi connectivity index (χ2v) is 8.10. The van der Waals surface area contributed by atoms with E-state index in [0.29, 0.717) is 25.7 Å². The molecule has 1 heterocycles. The summed E-state index contributed by atoms with van der Waals surface area (Å²) in [5.41, 5.74) is 1.39. The maximum absolute atomic E-state index is 11.3. The fraction of sp³-hybridized carbons (Fsp3) is 0.619. The molecule has 0 aromatic heterocycles. The maximum atomic E-state index is 11.3. The summed E-state index contributed by atoms with van der Waals surface area (Å²) in [6, 6.07) is 6.47. The van der Waals surface area contributed by atoms with Gasteiger partial charge in [0.15, 0.2) is 11.5 Å². The number of hydrogen-bond acceptors (Lipinski definition) is 4. The van der Waals surface area contributed by atoms with Gasteiger partial charge in [0.1, 0.15) is 5.60 Å². The number of carboxylic acid groups (broad SMARTS) is 1. The van der Waals surface area contributed by atoms with E-state index in [4.69, 9.17) is 9.47 Å². The Balaban J connectivity index is 1.73. The quantitative estimate of drug-likeness (QED) is 0.887. The highest BCUT2D eigenvalue weighted by Gasteiger charge is 2.48. The van der Waals surface area contributed by atoms with Gasteiger partial charge in [0.05, 0.1) is 24.5 Å². The lowest BCUT2D eigenvalue weighted by atomic mass is 9.66. The number of hydrogen-bond donors (Lipinski definition) is 1. The van der Waals surface area contributed by atoms with Gasteiger partial charge in [-0.25, -0.2) is 0 Å². The molecule has 5 heteroatoms. The number of aliphatic carboxylic acids is 1. The number of rotatable bonds is 3. The van der Waals surface area contributed by atoms with Gasteiger partial charge in [-0.1, -0.05) is 6.07 Å². The lowest BCUT2D eigenvalue weighted by Gasteiger charge is -2.35. The van der Waals surface area contributed by atoms with E-state index in [9.17, 15) is 15.2 Å². The largest absolute Gasteiger partial charge is 0.493 e. The van der Waals surface area contributed by atoms with Crippen molar-refractivity contribution >= 4 is 5.97 Å². The highest BCUT2D eigenvalue weighted by atomic mass is 16.5. The van der Waals surface area contributed by atoms with Crippen LogP contribution >= 0.6 is 0 Å². The molecule has 0 unspecified atom stereocenters. The predicted octanol–water partition coefficient (Wildman–Crippen LogP) is 3.98. The summed E-state index contributed by atoms with van der Waals surface area (Å²) in [5.74, 6) is 0.464. The average Bonchev–Trinajstić information content (AvgIpc) is 3.27. The molecule has 2 aliphatic carbocycles. The summed E-state index contributed by atoms with van der Waals surface area (Å²) < 4.78 is 12.0. The average molecular weight is 355 g/mol. The van der Waals surface area contributed by atoms with Crippen LogP contribution in [0.25, 0.3) is 0 Å². The van der Waals surface area contributed by atoms with Gasteiger partial charge in [-0.3, -0.25) is 4.79 Å². The van der Waals surface area contributed by atoms with Crippen LogP contribution in [0.15, 0.2) is 12.1 Å². The lowest BCUT2D eigenvalue weighted by molar-refractivity contribution is -0.143. The van der Waals surface area contributed by atoms with Crippen molar-refractivity contribution in [3.8, 4) is 17.6 Å². The lowest BCUT2D eigenvalue weighted by Crippen LogP contribution is -2.34. The van der Waals surface area contributed by atoms with Gasteiger partial charge < -0.3 is 14.6 Å². The van der Waals surface area contributed by atoms with Gasteiger partial charge in [0.2, 0.25) is 0 Å². The van der Waals surface area contributed by atoms with Crippen molar-refractivity contribution in [3.05, 3.63) is 23.3 Å². The number of methoxy groups -OCH3 is 1. The Hall–Kier alpha value is -2.22. The molecule has 0 radical (unpaired) electrons. The molecule has 2 saturated carbocycles. The van der Waals surface area contributed by atoms with Gasteiger partial charge in [0.25, 0.3) is 0 Å². The minimum Gasteiger partial charge on any atom is -0.493 e. The van der Waals surface area contributed by atoms with Gasteiger partial charge in [-0.2, -0.15) is 5.26 Å². The molecule has 1 spiro atoms. The molecule has 1 N–H and O–H groups in total. The first kappa shape index (κ1) is 17.2. The van der Waals surface area contributed by atoms with Crippen LogP contribution < -0.4 is 9.47 Å². The van der Waals surface area contributed by atoms with Crippen LogP contribution in [0, 0.1) is 17.2 Å². The molecular formula is C21H25NO4. The Morgan fingerprint density at radius 2 is 1.96 bits per heavy atom. The van der Waals surface area contributed by atoms with Crippen LogP contribution in [-0.2, 0) is 16.6 Å². The van der Waals surface area contributed by atoms with Gasteiger partial charge in [-0.05, 0) is 63.0 Å². The SMILES string of the molecule is COc1ccc([C@]2(C#N)CC[C@@H](C(=O)O)CC2)c2c1OC1(CCCC1)C2. The van der Waals surface area contributed by atoms with Crippen molar-refractivity contribution in [2.75, 3.05) is 7.11 Å². The van der Waals surface area contributed by atoms with Crippen LogP contribution in [0.5, 0.6) is 11.5 Å². The molecule has 1 aromatic carbocycles. The second kappa shape index (κ2) is 6.19. The summed E-state index contributed by atoms with van der Waals surface area (Å²) in [6.45, 7) is 0. The third-order valence-electron chi connectivity index (χ3n) is 6.69. The standard InChI is InChI=1S/C21H25NO4/c1-25-17-5-4-16(15-12-21(26-18(15)17)8-2-3-9-21)20(13-22)10-6-14(7-11-20)19(23)24/h4-5,14H,2-3,6-12H2,1H3,(H,23,24)/t14-,20-. The number of carbonyl (C=O) groups is 1. The van der Waals surface area contributed by atoms with Crippen molar-refractivity contribution in [2.24, 2.45) is 5.92 Å². The Kier molecular flexibility index (Phi) is 4.10. The highest BCUT2D eigenvalue weighted by Crippen LogP contribution is 2.53. The summed E-state index contributed by atoms with van der Waals surface area (Å²) in [7, 11) is 1.65. The normalized spacial score (nSPS) is 29.0. The van der Waals surface area contributed by atoms with Crippen LogP contribution in [0.2, 0.25) is 0 Å². The van der Waals surface area contributed by atoms with E-state index >= 15 is 0 Å². The zero-order chi connectivity index (χ0) is 18.4. The number of fused-ring (bicyclic) bond motifs is 1. The van der Waals surface area contributed by atoms with Gasteiger partial charge in [-0.15, -0.1) is 0 Å². The summed E-state index contributed by atoms with van der Waals surface area (Å²) in [5, 5.41) is 19.4. The molecule has 0 saturated heterocycles. The van der Waals surface area contributed by atoms with Crippen LogP contribution in [0.3, 0.4) is 0 Å². The topological polar surface area (TPSA) is 79.5 Å². The van der Waals surface area contributed by atoms with Crippen LogP contribution in [-0.4, -0.2) is 23.8 Å². The zero-order valence-electron chi connectivity index (χ0n) is 15.2. The Bertz CT molecular complexity index is 765. The minimum atomic E-state index is -0.746. The third kappa shape index (κ3) is 2.55. The minimum absolute atomic E-state index is 0.138. The third-order valence-corrected chi connectivity index (χ3v) is 6.69. The van der Waals surface area contributed by atoms with E-state index in [-0.39, 0.29) is 11.5 Å². The van der Waals surface area contributed by atoms with E-state index in [1.165, 1.54) is 12.8 Å². The molecule has 1 aromatic rings. The van der Waals surface area contributed by atoms with Crippen LogP contribution in [0.4, 0.5) is 0 Å². The molecule has 0 bridgehead atoms. The highest BCUT2D eigenvalue weighted by molar-refractivity contribution is 5.70. The van der Waals surface area contributed by atoms with Crippen molar-refractivity contribution in [3.63, 3.8) is 0 Å². The Morgan fingerprint density at radius 3 is 2.54 bits per heavy atom. The number of ether oxygens (including phenoxy) is 2. The summed E-state index contributed by atoms with van der Waals surface area (Å²) >= 11 is 0. The fourth-order valence-electron chi connectivity index (χ4n) is 5.17. The van der Waals surface area contributed by atoms with E-state index in [1.807, 2.05) is 12.1 Å². The van der Waals surface area contributed by atoms with Crippen LogP contribution in [0.1, 0.15) is 62.5 Å². The second-order valence-electron chi connectivity index (χ2n) is 8.10. The molecule has 138 valence electrons. The molecule has 1 aliphatic heterocycles. The van der Waals surface area contributed by atoms with E-state index in [1.54, 1.807) is 7.11 Å². The summed E-state index contributed by atoms with van der Waals surface area (Å²) in [6.07, 6.45) is 7.56. The maximum Gasteiger partial charge on any atom is 0.306 e. The van der Waals surface area contributed by atoms with Gasteiger partial charge >= 0.3 is 5.97 Å². The van der Waals surface area contributed by atoms with Crippen molar-refractivity contribution in [1.29, 1.82) is 5.26 Å². The van der Waals surface area contributed by atoms with E-state index < -0.39 is 11.4 Å². The first-order valence-corrected chi connectivity index (χ1v) is 9.56. The molecule has 4 rings (SSSR count). The molecule has 3 aliphatic rings.